The van der Waals surface area contributed by atoms with Gasteiger partial charge in [0.15, 0.2) is 0 Å². The van der Waals surface area contributed by atoms with E-state index in [0.717, 1.165) is 0 Å². The second kappa shape index (κ2) is 19.6. The van der Waals surface area contributed by atoms with Gasteiger partial charge in [-0.25, -0.2) is 0 Å². The quantitative estimate of drug-likeness (QED) is 0.201. The van der Waals surface area contributed by atoms with Gasteiger partial charge in [0.25, 0.3) is 0 Å². The van der Waals surface area contributed by atoms with Gasteiger partial charge in [0.2, 0.25) is 0 Å². The Bertz CT molecular complexity index is 420. The van der Waals surface area contributed by atoms with Gasteiger partial charge < -0.3 is 4.98 Å². The van der Waals surface area contributed by atoms with Crippen LogP contribution in [0.2, 0.25) is 0 Å². The predicted octanol–water partition coefficient (Wildman–Crippen LogP) is 9.55. The van der Waals surface area contributed by atoms with Crippen molar-refractivity contribution in [1.29, 1.82) is 0 Å². The lowest BCUT2D eigenvalue weighted by molar-refractivity contribution is 0.555. The predicted molar refractivity (Wildman–Crippen MR) is 127 cm³/mol. The number of aryl methyl sites for hydroxylation is 2. The summed E-state index contributed by atoms with van der Waals surface area (Å²) in [5, 5.41) is 0. The van der Waals surface area contributed by atoms with Crippen molar-refractivity contribution >= 4 is 0 Å². The van der Waals surface area contributed by atoms with Crippen LogP contribution in [0, 0.1) is 0 Å². The Labute approximate surface area is 177 Å². The molecule has 28 heavy (non-hydrogen) atoms. The molecule has 0 atom stereocenters. The molecule has 0 spiro atoms. The molecule has 164 valence electrons. The van der Waals surface area contributed by atoms with Crippen molar-refractivity contribution in [2.24, 2.45) is 0 Å². The first-order valence-corrected chi connectivity index (χ1v) is 13.0. The van der Waals surface area contributed by atoms with Crippen molar-refractivity contribution in [3.63, 3.8) is 0 Å². The van der Waals surface area contributed by atoms with Gasteiger partial charge in [-0.2, -0.15) is 0 Å². The van der Waals surface area contributed by atoms with E-state index in [-0.39, 0.29) is 0 Å². The van der Waals surface area contributed by atoms with Gasteiger partial charge in [-0.05, 0) is 36.8 Å². The molecule has 0 saturated heterocycles. The van der Waals surface area contributed by atoms with Gasteiger partial charge in [-0.15, -0.1) is 0 Å². The summed E-state index contributed by atoms with van der Waals surface area (Å²) in [5.41, 5.74) is 3.19. The van der Waals surface area contributed by atoms with Crippen LogP contribution >= 0.6 is 0 Å². The molecule has 0 amide bonds. The maximum absolute atomic E-state index is 3.36. The Morgan fingerprint density at radius 3 is 1.04 bits per heavy atom. The molecule has 0 fully saturated rings. The lowest BCUT2D eigenvalue weighted by Crippen LogP contribution is -1.92. The third-order valence-corrected chi connectivity index (χ3v) is 6.28. The van der Waals surface area contributed by atoms with Gasteiger partial charge in [0.1, 0.15) is 0 Å². The molecule has 0 aromatic carbocycles. The van der Waals surface area contributed by atoms with E-state index in [9.17, 15) is 0 Å². The summed E-state index contributed by atoms with van der Waals surface area (Å²) >= 11 is 0. The van der Waals surface area contributed by atoms with E-state index in [1.807, 2.05) is 0 Å². The van der Waals surface area contributed by atoms with E-state index in [1.54, 1.807) is 11.1 Å². The minimum absolute atomic E-state index is 1.28. The van der Waals surface area contributed by atoms with Gasteiger partial charge in [0, 0.05) is 12.4 Å². The fourth-order valence-electron chi connectivity index (χ4n) is 4.32. The Morgan fingerprint density at radius 1 is 0.429 bits per heavy atom. The molecular formula is C27H51N. The second-order valence-electron chi connectivity index (χ2n) is 9.02. The van der Waals surface area contributed by atoms with Crippen LogP contribution in [0.15, 0.2) is 12.4 Å². The monoisotopic (exact) mass is 389 g/mol. The fourth-order valence-corrected chi connectivity index (χ4v) is 4.32. The Morgan fingerprint density at radius 2 is 0.714 bits per heavy atom. The van der Waals surface area contributed by atoms with Gasteiger partial charge >= 0.3 is 0 Å². The lowest BCUT2D eigenvalue weighted by Gasteiger charge is -2.05. The molecule has 0 aliphatic heterocycles. The number of hydrogen-bond acceptors (Lipinski definition) is 0. The van der Waals surface area contributed by atoms with E-state index < -0.39 is 0 Å². The topological polar surface area (TPSA) is 15.8 Å². The molecule has 1 rings (SSSR count). The van der Waals surface area contributed by atoms with Crippen molar-refractivity contribution in [1.82, 2.24) is 4.98 Å². The molecule has 1 aromatic rings. The van der Waals surface area contributed by atoms with E-state index in [0.29, 0.717) is 0 Å². The SMILES string of the molecule is CCCCCCCCCCCCc1c[nH]cc1CCCCCCCCCCC. The summed E-state index contributed by atoms with van der Waals surface area (Å²) in [6.07, 6.45) is 34.2. The van der Waals surface area contributed by atoms with Crippen LogP contribution in [0.3, 0.4) is 0 Å². The number of aromatic nitrogens is 1. The molecular weight excluding hydrogens is 338 g/mol. The first-order chi connectivity index (χ1) is 13.9. The molecule has 0 radical (unpaired) electrons. The highest BCUT2D eigenvalue weighted by Gasteiger charge is 2.04. The summed E-state index contributed by atoms with van der Waals surface area (Å²) in [6.45, 7) is 4.60. The summed E-state index contributed by atoms with van der Waals surface area (Å²) < 4.78 is 0. The highest BCUT2D eigenvalue weighted by molar-refractivity contribution is 5.23. The Balaban J connectivity index is 1.95. The molecule has 0 aliphatic carbocycles. The molecule has 1 nitrogen and oxygen atoms in total. The average molecular weight is 390 g/mol. The van der Waals surface area contributed by atoms with Crippen molar-refractivity contribution in [3.05, 3.63) is 23.5 Å². The van der Waals surface area contributed by atoms with Crippen LogP contribution in [0.4, 0.5) is 0 Å². The van der Waals surface area contributed by atoms with Crippen molar-refractivity contribution in [2.75, 3.05) is 0 Å². The third-order valence-electron chi connectivity index (χ3n) is 6.28. The van der Waals surface area contributed by atoms with Crippen LogP contribution in [-0.2, 0) is 12.8 Å². The van der Waals surface area contributed by atoms with Gasteiger partial charge in [-0.1, -0.05) is 123 Å². The van der Waals surface area contributed by atoms with Crippen LogP contribution < -0.4 is 0 Å². The van der Waals surface area contributed by atoms with Crippen LogP contribution in [0.5, 0.6) is 0 Å². The molecule has 0 unspecified atom stereocenters. The maximum atomic E-state index is 3.36. The molecule has 1 N–H and O–H groups in total. The largest absolute Gasteiger partial charge is 0.367 e. The average Bonchev–Trinajstić information content (AvgIpc) is 3.15. The zero-order valence-electron chi connectivity index (χ0n) is 19.5. The van der Waals surface area contributed by atoms with Crippen LogP contribution in [0.25, 0.3) is 0 Å². The lowest BCUT2D eigenvalue weighted by atomic mass is 10.00. The zero-order valence-corrected chi connectivity index (χ0v) is 19.5. The molecule has 1 heterocycles. The minimum atomic E-state index is 1.28. The van der Waals surface area contributed by atoms with E-state index in [2.05, 4.69) is 31.2 Å². The van der Waals surface area contributed by atoms with Crippen LogP contribution in [0.1, 0.15) is 147 Å². The molecule has 1 aromatic heterocycles. The summed E-state index contributed by atoms with van der Waals surface area (Å²) in [7, 11) is 0. The van der Waals surface area contributed by atoms with E-state index in [4.69, 9.17) is 0 Å². The molecule has 0 bridgehead atoms. The molecule has 0 saturated carbocycles. The summed E-state index contributed by atoms with van der Waals surface area (Å²) in [6, 6.07) is 0. The normalized spacial score (nSPS) is 11.4. The Hall–Kier alpha value is -0.720. The summed E-state index contributed by atoms with van der Waals surface area (Å²) in [5.74, 6) is 0. The minimum Gasteiger partial charge on any atom is -0.367 e. The third kappa shape index (κ3) is 14.3. The molecule has 0 aliphatic rings. The number of hydrogen-bond donors (Lipinski definition) is 1. The van der Waals surface area contributed by atoms with Crippen LogP contribution in [-0.4, -0.2) is 4.98 Å². The zero-order chi connectivity index (χ0) is 20.1. The van der Waals surface area contributed by atoms with Crippen molar-refractivity contribution < 1.29 is 0 Å². The Kier molecular flexibility index (Phi) is 17.7. The number of H-pyrrole nitrogens is 1. The standard InChI is InChI=1S/C27H51N/c1-3-5-7-9-11-13-15-17-19-21-23-27-25-28-24-26(27)22-20-18-16-14-12-10-8-6-4-2/h24-25,28H,3-23H2,1-2H3. The summed E-state index contributed by atoms with van der Waals surface area (Å²) in [4.78, 5) is 3.36. The number of rotatable bonds is 21. The maximum Gasteiger partial charge on any atom is 0.00401 e. The number of unbranched alkanes of at least 4 members (excludes halogenated alkanes) is 17. The van der Waals surface area contributed by atoms with E-state index >= 15 is 0 Å². The van der Waals surface area contributed by atoms with Gasteiger partial charge in [-0.3, -0.25) is 0 Å². The fraction of sp³-hybridized carbons (Fsp3) is 0.852. The van der Waals surface area contributed by atoms with E-state index in [1.165, 1.54) is 135 Å². The number of aromatic amines is 1. The first kappa shape index (κ1) is 25.3. The number of nitrogens with one attached hydrogen (secondary N) is 1. The van der Waals surface area contributed by atoms with Crippen molar-refractivity contribution in [2.45, 2.75) is 149 Å². The molecule has 1 heteroatoms. The highest BCUT2D eigenvalue weighted by atomic mass is 14.6. The van der Waals surface area contributed by atoms with Gasteiger partial charge in [0.05, 0.1) is 0 Å². The van der Waals surface area contributed by atoms with Crippen molar-refractivity contribution in [3.8, 4) is 0 Å². The second-order valence-corrected chi connectivity index (χ2v) is 9.02. The smallest absolute Gasteiger partial charge is 0.00401 e. The highest BCUT2D eigenvalue weighted by Crippen LogP contribution is 2.18. The first-order valence-electron chi connectivity index (χ1n) is 13.0.